The lowest BCUT2D eigenvalue weighted by Gasteiger charge is -2.10. The molecular weight excluding hydrogens is 308 g/mol. The number of rotatable bonds is 5. The summed E-state index contributed by atoms with van der Waals surface area (Å²) in [4.78, 5) is 26.4. The molecule has 1 aromatic carbocycles. The minimum atomic E-state index is -1.34. The number of thiophene rings is 1. The highest BCUT2D eigenvalue weighted by molar-refractivity contribution is 7.14. The Morgan fingerprint density at radius 1 is 1.26 bits per heavy atom. The van der Waals surface area contributed by atoms with E-state index in [1.807, 2.05) is 39.0 Å². The van der Waals surface area contributed by atoms with Gasteiger partial charge in [0.05, 0.1) is 10.9 Å². The van der Waals surface area contributed by atoms with Gasteiger partial charge in [0.15, 0.2) is 11.7 Å². The van der Waals surface area contributed by atoms with E-state index in [-0.39, 0.29) is 0 Å². The van der Waals surface area contributed by atoms with Crippen LogP contribution in [0.5, 0.6) is 0 Å². The van der Waals surface area contributed by atoms with E-state index in [1.54, 1.807) is 18.2 Å². The van der Waals surface area contributed by atoms with Crippen LogP contribution in [0.15, 0.2) is 30.3 Å². The van der Waals surface area contributed by atoms with Gasteiger partial charge >= 0.3 is 0 Å². The second-order valence-corrected chi connectivity index (χ2v) is 6.44. The monoisotopic (exact) mass is 326 g/mol. The molecule has 1 aromatic heterocycles. The molecule has 2 rings (SSSR count). The van der Waals surface area contributed by atoms with Crippen molar-refractivity contribution in [3.8, 4) is 6.07 Å². The van der Waals surface area contributed by atoms with E-state index in [2.05, 4.69) is 5.32 Å². The number of aryl methyl sites for hydroxylation is 3. The van der Waals surface area contributed by atoms with E-state index in [1.165, 1.54) is 11.3 Å². The van der Waals surface area contributed by atoms with Crippen LogP contribution in [-0.4, -0.2) is 11.7 Å². The van der Waals surface area contributed by atoms with Crippen LogP contribution in [0.1, 0.15) is 32.6 Å². The van der Waals surface area contributed by atoms with Gasteiger partial charge in [0.25, 0.3) is 0 Å². The number of benzene rings is 1. The number of nitriles is 1. The molecule has 0 saturated heterocycles. The SMILES string of the molecule is CCc1sc(C(=O)[C@@H](C#N)C(=O)Nc2ccccc2C)cc1C. The van der Waals surface area contributed by atoms with Crippen molar-refractivity contribution in [1.29, 1.82) is 5.26 Å². The number of amides is 1. The highest BCUT2D eigenvalue weighted by atomic mass is 32.1. The van der Waals surface area contributed by atoms with Crippen molar-refractivity contribution in [3.05, 3.63) is 51.2 Å². The lowest BCUT2D eigenvalue weighted by Crippen LogP contribution is -2.28. The zero-order chi connectivity index (χ0) is 17.0. The average molecular weight is 326 g/mol. The van der Waals surface area contributed by atoms with Gasteiger partial charge < -0.3 is 5.32 Å². The highest BCUT2D eigenvalue weighted by Crippen LogP contribution is 2.25. The Labute approximate surface area is 139 Å². The second kappa shape index (κ2) is 7.21. The fourth-order valence-electron chi connectivity index (χ4n) is 2.29. The molecule has 0 spiro atoms. The number of nitrogens with one attached hydrogen (secondary N) is 1. The summed E-state index contributed by atoms with van der Waals surface area (Å²) in [6, 6.07) is 10.8. The van der Waals surface area contributed by atoms with E-state index >= 15 is 0 Å². The Bertz CT molecular complexity index is 787. The number of Topliss-reactive ketones (excluding diaryl/α,β-unsaturated/α-hetero) is 1. The van der Waals surface area contributed by atoms with Crippen molar-refractivity contribution < 1.29 is 9.59 Å². The molecule has 1 atom stereocenters. The summed E-state index contributed by atoms with van der Waals surface area (Å²) >= 11 is 1.36. The molecule has 0 bridgehead atoms. The quantitative estimate of drug-likeness (QED) is 0.669. The van der Waals surface area contributed by atoms with E-state index in [9.17, 15) is 14.9 Å². The Balaban J connectivity index is 2.21. The summed E-state index contributed by atoms with van der Waals surface area (Å²) in [5, 5.41) is 12.0. The molecule has 2 aromatic rings. The molecule has 5 heteroatoms. The van der Waals surface area contributed by atoms with Crippen molar-refractivity contribution in [3.63, 3.8) is 0 Å². The molecular formula is C18H18N2O2S. The predicted octanol–water partition coefficient (Wildman–Crippen LogP) is 3.89. The smallest absolute Gasteiger partial charge is 0.249 e. The fourth-order valence-corrected chi connectivity index (χ4v) is 3.37. The first-order valence-electron chi connectivity index (χ1n) is 7.37. The number of ketones is 1. The first-order valence-corrected chi connectivity index (χ1v) is 8.19. The van der Waals surface area contributed by atoms with E-state index in [4.69, 9.17) is 0 Å². The maximum absolute atomic E-state index is 12.5. The Morgan fingerprint density at radius 2 is 1.96 bits per heavy atom. The summed E-state index contributed by atoms with van der Waals surface area (Å²) < 4.78 is 0. The first-order chi connectivity index (χ1) is 11.0. The van der Waals surface area contributed by atoms with Gasteiger partial charge in [0.1, 0.15) is 0 Å². The van der Waals surface area contributed by atoms with Crippen molar-refractivity contribution in [2.24, 2.45) is 5.92 Å². The predicted molar refractivity (Wildman–Crippen MR) is 91.7 cm³/mol. The third-order valence-electron chi connectivity index (χ3n) is 3.64. The summed E-state index contributed by atoms with van der Waals surface area (Å²) in [6.45, 7) is 5.80. The standard InChI is InChI=1S/C18H18N2O2S/c1-4-15-12(3)9-16(23-15)17(21)13(10-19)18(22)20-14-8-6-5-7-11(14)2/h5-9,13H,4H2,1-3H3,(H,20,22)/t13-/m1/s1. The molecule has 4 nitrogen and oxygen atoms in total. The molecule has 1 N–H and O–H groups in total. The topological polar surface area (TPSA) is 70.0 Å². The van der Waals surface area contributed by atoms with Gasteiger partial charge in [0, 0.05) is 10.6 Å². The molecule has 23 heavy (non-hydrogen) atoms. The minimum Gasteiger partial charge on any atom is -0.324 e. The maximum Gasteiger partial charge on any atom is 0.249 e. The number of anilines is 1. The summed E-state index contributed by atoms with van der Waals surface area (Å²) in [6.07, 6.45) is 0.830. The van der Waals surface area contributed by atoms with E-state index < -0.39 is 17.6 Å². The largest absolute Gasteiger partial charge is 0.324 e. The number of hydrogen-bond acceptors (Lipinski definition) is 4. The molecule has 0 fully saturated rings. The van der Waals surface area contributed by atoms with Crippen LogP contribution in [0.25, 0.3) is 0 Å². The first kappa shape index (κ1) is 16.9. The zero-order valence-corrected chi connectivity index (χ0v) is 14.2. The molecule has 1 heterocycles. The molecule has 0 aliphatic heterocycles. The fraction of sp³-hybridized carbons (Fsp3) is 0.278. The Hall–Kier alpha value is -2.45. The molecule has 1 amide bonds. The van der Waals surface area contributed by atoms with Gasteiger partial charge in [-0.15, -0.1) is 11.3 Å². The Kier molecular flexibility index (Phi) is 5.30. The lowest BCUT2D eigenvalue weighted by molar-refractivity contribution is -0.117. The van der Waals surface area contributed by atoms with Gasteiger partial charge in [-0.2, -0.15) is 5.26 Å². The highest BCUT2D eigenvalue weighted by Gasteiger charge is 2.29. The number of carbonyl (C=O) groups excluding carboxylic acids is 2. The third-order valence-corrected chi connectivity index (χ3v) is 5.04. The normalized spacial score (nSPS) is 11.6. The van der Waals surface area contributed by atoms with Crippen LogP contribution in [0.3, 0.4) is 0 Å². The molecule has 0 saturated carbocycles. The van der Waals surface area contributed by atoms with Crippen LogP contribution in [0.4, 0.5) is 5.69 Å². The molecule has 0 aliphatic carbocycles. The number of para-hydroxylation sites is 1. The zero-order valence-electron chi connectivity index (χ0n) is 13.3. The molecule has 0 radical (unpaired) electrons. The van der Waals surface area contributed by atoms with Gasteiger partial charge in [-0.05, 0) is 43.5 Å². The van der Waals surface area contributed by atoms with Crippen molar-refractivity contribution in [1.82, 2.24) is 0 Å². The summed E-state index contributed by atoms with van der Waals surface area (Å²) in [5.41, 5.74) is 2.52. The van der Waals surface area contributed by atoms with Crippen LogP contribution in [-0.2, 0) is 11.2 Å². The second-order valence-electron chi connectivity index (χ2n) is 5.30. The van der Waals surface area contributed by atoms with Crippen LogP contribution >= 0.6 is 11.3 Å². The maximum atomic E-state index is 12.5. The van der Waals surface area contributed by atoms with Crippen molar-refractivity contribution in [2.45, 2.75) is 27.2 Å². The lowest BCUT2D eigenvalue weighted by atomic mass is 10.0. The van der Waals surface area contributed by atoms with Crippen LogP contribution in [0, 0.1) is 31.1 Å². The van der Waals surface area contributed by atoms with Crippen LogP contribution in [0.2, 0.25) is 0 Å². The third kappa shape index (κ3) is 3.66. The van der Waals surface area contributed by atoms with Gasteiger partial charge in [-0.25, -0.2) is 0 Å². The van der Waals surface area contributed by atoms with Gasteiger partial charge in [-0.1, -0.05) is 25.1 Å². The van der Waals surface area contributed by atoms with Crippen molar-refractivity contribution >= 4 is 28.7 Å². The average Bonchev–Trinajstić information content (AvgIpc) is 2.91. The van der Waals surface area contributed by atoms with Gasteiger partial charge in [0.2, 0.25) is 5.91 Å². The summed E-state index contributed by atoms with van der Waals surface area (Å²) in [7, 11) is 0. The minimum absolute atomic E-state index is 0.439. The van der Waals surface area contributed by atoms with Crippen LogP contribution < -0.4 is 5.32 Å². The molecule has 0 aliphatic rings. The van der Waals surface area contributed by atoms with E-state index in [0.717, 1.165) is 22.4 Å². The summed E-state index contributed by atoms with van der Waals surface area (Å²) in [5.74, 6) is -2.36. The number of nitrogens with zero attached hydrogens (tertiary/aromatic N) is 1. The Morgan fingerprint density at radius 3 is 2.52 bits per heavy atom. The number of carbonyl (C=O) groups is 2. The molecule has 118 valence electrons. The van der Waals surface area contributed by atoms with Crippen molar-refractivity contribution in [2.75, 3.05) is 5.32 Å². The van der Waals surface area contributed by atoms with E-state index in [0.29, 0.717) is 10.6 Å². The number of hydrogen-bond donors (Lipinski definition) is 1. The molecule has 0 unspecified atom stereocenters. The van der Waals surface area contributed by atoms with Gasteiger partial charge in [-0.3, -0.25) is 9.59 Å².